The fourth-order valence-electron chi connectivity index (χ4n) is 1.03. The van der Waals surface area contributed by atoms with Crippen LogP contribution in [0.3, 0.4) is 0 Å². The van der Waals surface area contributed by atoms with Crippen molar-refractivity contribution >= 4 is 40.2 Å². The van der Waals surface area contributed by atoms with Crippen LogP contribution in [0.5, 0.6) is 0 Å². The molecule has 0 amide bonds. The number of H-pyrrole nitrogens is 2. The number of anilines is 1. The van der Waals surface area contributed by atoms with E-state index in [1.807, 2.05) is 22.6 Å². The number of nitrogen functional groups attached to an aromatic ring is 1. The zero-order valence-electron chi connectivity index (χ0n) is 8.23. The minimum Gasteiger partial charge on any atom is -0.383 e. The number of hydrogen-bond donors (Lipinski definition) is 3. The van der Waals surface area contributed by atoms with Gasteiger partial charge in [-0.05, 0) is 34.4 Å². The Kier molecular flexibility index (Phi) is 3.47. The smallest absolute Gasteiger partial charge is 0.265 e. The van der Waals surface area contributed by atoms with Crippen LogP contribution in [0, 0.1) is 3.57 Å². The first-order chi connectivity index (χ1) is 8.06. The largest absolute Gasteiger partial charge is 0.383 e. The summed E-state index contributed by atoms with van der Waals surface area (Å²) in [7, 11) is 0. The van der Waals surface area contributed by atoms with Crippen LogP contribution in [0.15, 0.2) is 32.2 Å². The van der Waals surface area contributed by atoms with Gasteiger partial charge in [0.2, 0.25) is 0 Å². The standard InChI is InChI=1S/C8H6IN5O2S/c9-5-6(16)11-2-12-7(5)17-8-13-3(10)1-4(15)14-8/h1-2H,(H,11,12,16)(H3,10,13,14,15). The van der Waals surface area contributed by atoms with E-state index in [2.05, 4.69) is 19.9 Å². The van der Waals surface area contributed by atoms with Gasteiger partial charge < -0.3 is 15.7 Å². The van der Waals surface area contributed by atoms with E-state index in [-0.39, 0.29) is 16.9 Å². The SMILES string of the molecule is Nc1cc(=O)[nH]c(Sc2nc[nH]c(=O)c2I)n1. The second-order valence-electron chi connectivity index (χ2n) is 2.93. The number of aromatic amines is 2. The molecule has 0 aromatic carbocycles. The van der Waals surface area contributed by atoms with Crippen molar-refractivity contribution in [2.24, 2.45) is 0 Å². The van der Waals surface area contributed by atoms with Crippen LogP contribution >= 0.6 is 34.4 Å². The van der Waals surface area contributed by atoms with Crippen LogP contribution in [0.4, 0.5) is 5.82 Å². The molecule has 2 aromatic heterocycles. The highest BCUT2D eigenvalue weighted by Crippen LogP contribution is 2.24. The highest BCUT2D eigenvalue weighted by atomic mass is 127. The van der Waals surface area contributed by atoms with Gasteiger partial charge in [0.25, 0.3) is 11.1 Å². The van der Waals surface area contributed by atoms with Crippen LogP contribution in [0.25, 0.3) is 0 Å². The molecule has 0 spiro atoms. The fourth-order valence-corrected chi connectivity index (χ4v) is 2.43. The lowest BCUT2D eigenvalue weighted by atomic mass is 10.6. The Morgan fingerprint density at radius 2 is 2.18 bits per heavy atom. The van der Waals surface area contributed by atoms with Crippen LogP contribution < -0.4 is 16.9 Å². The lowest BCUT2D eigenvalue weighted by molar-refractivity contribution is 0.928. The Bertz CT molecular complexity index is 667. The van der Waals surface area contributed by atoms with Gasteiger partial charge in [-0.1, -0.05) is 0 Å². The first kappa shape index (κ1) is 12.1. The van der Waals surface area contributed by atoms with E-state index in [1.165, 1.54) is 12.4 Å². The monoisotopic (exact) mass is 363 g/mol. The van der Waals surface area contributed by atoms with Crippen LogP contribution in [0.2, 0.25) is 0 Å². The van der Waals surface area contributed by atoms with Crippen molar-refractivity contribution < 1.29 is 0 Å². The summed E-state index contributed by atoms with van der Waals surface area (Å²) in [4.78, 5) is 35.4. The molecule has 7 nitrogen and oxygen atoms in total. The minimum atomic E-state index is -0.347. The van der Waals surface area contributed by atoms with Crippen molar-refractivity contribution in [3.8, 4) is 0 Å². The third-order valence-electron chi connectivity index (χ3n) is 1.70. The van der Waals surface area contributed by atoms with Crippen molar-refractivity contribution in [3.63, 3.8) is 0 Å². The van der Waals surface area contributed by atoms with Gasteiger partial charge >= 0.3 is 0 Å². The summed E-state index contributed by atoms with van der Waals surface area (Å²) in [6.45, 7) is 0. The van der Waals surface area contributed by atoms with Gasteiger partial charge in [0, 0.05) is 6.07 Å². The summed E-state index contributed by atoms with van der Waals surface area (Å²) in [6.07, 6.45) is 1.29. The number of nitrogens with zero attached hydrogens (tertiary/aromatic N) is 2. The molecule has 0 unspecified atom stereocenters. The number of nitrogens with one attached hydrogen (secondary N) is 2. The third-order valence-corrected chi connectivity index (χ3v) is 3.95. The zero-order chi connectivity index (χ0) is 12.4. The second kappa shape index (κ2) is 4.87. The molecule has 0 saturated heterocycles. The van der Waals surface area contributed by atoms with Gasteiger partial charge in [-0.25, -0.2) is 9.97 Å². The van der Waals surface area contributed by atoms with E-state index >= 15 is 0 Å². The van der Waals surface area contributed by atoms with E-state index in [4.69, 9.17) is 5.73 Å². The highest BCUT2D eigenvalue weighted by molar-refractivity contribution is 14.1. The maximum atomic E-state index is 11.3. The molecule has 2 aromatic rings. The maximum Gasteiger partial charge on any atom is 0.265 e. The molecule has 17 heavy (non-hydrogen) atoms. The van der Waals surface area contributed by atoms with Gasteiger partial charge in [0.15, 0.2) is 5.16 Å². The van der Waals surface area contributed by atoms with Crippen molar-refractivity contribution in [1.82, 2.24) is 19.9 Å². The third kappa shape index (κ3) is 2.85. The second-order valence-corrected chi connectivity index (χ2v) is 4.98. The number of halogens is 1. The molecule has 0 aliphatic carbocycles. The van der Waals surface area contributed by atoms with Crippen molar-refractivity contribution in [2.75, 3.05) is 5.73 Å². The molecule has 0 aliphatic heterocycles. The molecule has 88 valence electrons. The van der Waals surface area contributed by atoms with Gasteiger partial charge in [-0.2, -0.15) is 0 Å². The van der Waals surface area contributed by atoms with Crippen LogP contribution in [-0.2, 0) is 0 Å². The number of rotatable bonds is 2. The molecule has 0 aliphatic rings. The van der Waals surface area contributed by atoms with E-state index in [0.29, 0.717) is 13.8 Å². The molecule has 0 saturated carbocycles. The Hall–Kier alpha value is -1.36. The first-order valence-corrected chi connectivity index (χ1v) is 6.23. The van der Waals surface area contributed by atoms with E-state index < -0.39 is 0 Å². The van der Waals surface area contributed by atoms with Gasteiger partial charge in [0.1, 0.15) is 14.4 Å². The highest BCUT2D eigenvalue weighted by Gasteiger charge is 2.09. The molecule has 2 rings (SSSR count). The topological polar surface area (TPSA) is 118 Å². The predicted molar refractivity (Wildman–Crippen MR) is 71.0 cm³/mol. The number of hydrogen-bond acceptors (Lipinski definition) is 6. The number of aromatic nitrogens is 4. The summed E-state index contributed by atoms with van der Waals surface area (Å²) in [5.74, 6) is 0.121. The Morgan fingerprint density at radius 3 is 2.88 bits per heavy atom. The van der Waals surface area contributed by atoms with E-state index in [1.54, 1.807) is 0 Å². The lowest BCUT2D eigenvalue weighted by Crippen LogP contribution is -2.12. The maximum absolute atomic E-state index is 11.3. The van der Waals surface area contributed by atoms with Gasteiger partial charge in [-0.15, -0.1) is 0 Å². The molecular formula is C8H6IN5O2S. The van der Waals surface area contributed by atoms with Crippen molar-refractivity contribution in [2.45, 2.75) is 10.2 Å². The summed E-state index contributed by atoms with van der Waals surface area (Å²) in [5, 5.41) is 0.758. The first-order valence-electron chi connectivity index (χ1n) is 4.34. The summed E-state index contributed by atoms with van der Waals surface area (Å²) < 4.78 is 0.431. The van der Waals surface area contributed by atoms with Gasteiger partial charge in [0.05, 0.1) is 6.33 Å². The average molecular weight is 363 g/mol. The molecule has 0 fully saturated rings. The molecule has 0 bridgehead atoms. The van der Waals surface area contributed by atoms with Crippen LogP contribution in [0.1, 0.15) is 0 Å². The molecule has 2 heterocycles. The Balaban J connectivity index is 2.41. The fraction of sp³-hybridized carbons (Fsp3) is 0. The summed E-state index contributed by atoms with van der Waals surface area (Å²) >= 11 is 2.94. The van der Waals surface area contributed by atoms with E-state index in [9.17, 15) is 9.59 Å². The van der Waals surface area contributed by atoms with E-state index in [0.717, 1.165) is 11.8 Å². The number of nitrogens with two attached hydrogens (primary N) is 1. The van der Waals surface area contributed by atoms with Crippen LogP contribution in [-0.4, -0.2) is 19.9 Å². The summed E-state index contributed by atoms with van der Waals surface area (Å²) in [5.41, 5.74) is 4.86. The molecular weight excluding hydrogens is 357 g/mol. The molecule has 0 atom stereocenters. The van der Waals surface area contributed by atoms with Crippen molar-refractivity contribution in [3.05, 3.63) is 36.7 Å². The Morgan fingerprint density at radius 1 is 1.41 bits per heavy atom. The molecule has 4 N–H and O–H groups in total. The predicted octanol–water partition coefficient (Wildman–Crippen LogP) is 0.191. The lowest BCUT2D eigenvalue weighted by Gasteiger charge is -2.01. The molecule has 9 heteroatoms. The quantitative estimate of drug-likeness (QED) is 0.398. The van der Waals surface area contributed by atoms with Crippen molar-refractivity contribution in [1.29, 1.82) is 0 Å². The minimum absolute atomic E-state index is 0.121. The average Bonchev–Trinajstić information content (AvgIpc) is 2.23. The molecule has 0 radical (unpaired) electrons. The normalized spacial score (nSPS) is 10.4. The van der Waals surface area contributed by atoms with Gasteiger partial charge in [-0.3, -0.25) is 9.59 Å². The summed E-state index contributed by atoms with van der Waals surface area (Å²) in [6, 6.07) is 1.18. The Labute approximate surface area is 112 Å². The zero-order valence-corrected chi connectivity index (χ0v) is 11.2.